The molecule has 0 bridgehead atoms. The molecule has 26 heavy (non-hydrogen) atoms. The maximum atomic E-state index is 12.7. The standard InChI is InChI=1S/C19H18F3NO3/c1-12(23-13(2)24)14-6-8-15(9-7-14)18(25)11-26-17-5-3-4-16(10-17)19(20,21)22/h3-10,12H,11H2,1-2H3,(H,23,24). The molecule has 2 aromatic rings. The van der Waals surface area contributed by atoms with Crippen molar-refractivity contribution in [1.29, 1.82) is 0 Å². The number of benzene rings is 2. The Bertz CT molecular complexity index is 785. The van der Waals surface area contributed by atoms with Gasteiger partial charge in [0.05, 0.1) is 11.6 Å². The van der Waals surface area contributed by atoms with Crippen molar-refractivity contribution in [3.05, 3.63) is 65.2 Å². The number of Topliss-reactive ketones (excluding diaryl/α,β-unsaturated/α-hetero) is 1. The highest BCUT2D eigenvalue weighted by molar-refractivity contribution is 5.97. The molecule has 0 saturated carbocycles. The predicted octanol–water partition coefficient (Wildman–Crippen LogP) is 4.16. The molecule has 2 aromatic carbocycles. The van der Waals surface area contributed by atoms with Crippen molar-refractivity contribution < 1.29 is 27.5 Å². The van der Waals surface area contributed by atoms with E-state index in [1.165, 1.54) is 19.1 Å². The summed E-state index contributed by atoms with van der Waals surface area (Å²) in [5, 5.41) is 2.73. The van der Waals surface area contributed by atoms with Crippen LogP contribution in [0.1, 0.15) is 41.4 Å². The second-order valence-corrected chi connectivity index (χ2v) is 5.78. The summed E-state index contributed by atoms with van der Waals surface area (Å²) in [4.78, 5) is 23.2. The molecule has 7 heteroatoms. The molecule has 0 heterocycles. The third-order valence-electron chi connectivity index (χ3n) is 3.68. The van der Waals surface area contributed by atoms with Crippen LogP contribution in [-0.2, 0) is 11.0 Å². The highest BCUT2D eigenvalue weighted by Gasteiger charge is 2.30. The SMILES string of the molecule is CC(=O)NC(C)c1ccc(C(=O)COc2cccc(C(F)(F)F)c2)cc1. The van der Waals surface area contributed by atoms with Gasteiger partial charge in [0, 0.05) is 12.5 Å². The molecule has 4 nitrogen and oxygen atoms in total. The minimum atomic E-state index is -4.47. The Morgan fingerprint density at radius 1 is 1.12 bits per heavy atom. The van der Waals surface area contributed by atoms with Crippen LogP contribution >= 0.6 is 0 Å². The molecule has 1 unspecified atom stereocenters. The Morgan fingerprint density at radius 3 is 2.35 bits per heavy atom. The molecule has 1 atom stereocenters. The monoisotopic (exact) mass is 365 g/mol. The molecule has 0 aromatic heterocycles. The maximum absolute atomic E-state index is 12.7. The van der Waals surface area contributed by atoms with E-state index in [9.17, 15) is 22.8 Å². The zero-order chi connectivity index (χ0) is 19.3. The highest BCUT2D eigenvalue weighted by Crippen LogP contribution is 2.31. The summed E-state index contributed by atoms with van der Waals surface area (Å²) in [5.41, 5.74) is 0.366. The van der Waals surface area contributed by atoms with Crippen molar-refractivity contribution in [3.8, 4) is 5.75 Å². The van der Waals surface area contributed by atoms with Crippen molar-refractivity contribution in [3.63, 3.8) is 0 Å². The Hall–Kier alpha value is -2.83. The molecule has 0 aliphatic heterocycles. The first-order chi connectivity index (χ1) is 12.2. The number of nitrogens with one attached hydrogen (secondary N) is 1. The average Bonchev–Trinajstić information content (AvgIpc) is 2.58. The lowest BCUT2D eigenvalue weighted by atomic mass is 10.0. The normalized spacial score (nSPS) is 12.3. The molecule has 0 spiro atoms. The molecule has 0 saturated heterocycles. The van der Waals surface area contributed by atoms with Crippen LogP contribution < -0.4 is 10.1 Å². The van der Waals surface area contributed by atoms with E-state index in [1.54, 1.807) is 24.3 Å². The van der Waals surface area contributed by atoms with Crippen molar-refractivity contribution in [2.45, 2.75) is 26.1 Å². The van der Waals surface area contributed by atoms with Crippen molar-refractivity contribution in [2.24, 2.45) is 0 Å². The summed E-state index contributed by atoms with van der Waals surface area (Å²) in [6, 6.07) is 10.8. The van der Waals surface area contributed by atoms with Crippen molar-refractivity contribution in [2.75, 3.05) is 6.61 Å². The zero-order valence-electron chi connectivity index (χ0n) is 14.3. The van der Waals surface area contributed by atoms with E-state index in [0.29, 0.717) is 5.56 Å². The van der Waals surface area contributed by atoms with Gasteiger partial charge in [-0.25, -0.2) is 0 Å². The molecule has 2 rings (SSSR count). The number of ketones is 1. The molecule has 0 aliphatic rings. The van der Waals surface area contributed by atoms with Gasteiger partial charge in [-0.15, -0.1) is 0 Å². The Balaban J connectivity index is 1.99. The largest absolute Gasteiger partial charge is 0.485 e. The van der Waals surface area contributed by atoms with E-state index >= 15 is 0 Å². The number of amides is 1. The number of halogens is 3. The van der Waals surface area contributed by atoms with Crippen LogP contribution in [0.5, 0.6) is 5.75 Å². The topological polar surface area (TPSA) is 55.4 Å². The summed E-state index contributed by atoms with van der Waals surface area (Å²) in [5.74, 6) is -0.544. The van der Waals surface area contributed by atoms with Crippen LogP contribution in [-0.4, -0.2) is 18.3 Å². The van der Waals surface area contributed by atoms with Crippen molar-refractivity contribution >= 4 is 11.7 Å². The van der Waals surface area contributed by atoms with Gasteiger partial charge in [0.2, 0.25) is 5.91 Å². The average molecular weight is 365 g/mol. The first-order valence-electron chi connectivity index (χ1n) is 7.87. The van der Waals surface area contributed by atoms with E-state index in [0.717, 1.165) is 17.7 Å². The van der Waals surface area contributed by atoms with Crippen LogP contribution in [0.25, 0.3) is 0 Å². The summed E-state index contributed by atoms with van der Waals surface area (Å²) in [6.07, 6.45) is -4.47. The van der Waals surface area contributed by atoms with Crippen molar-refractivity contribution in [1.82, 2.24) is 5.32 Å². The van der Waals surface area contributed by atoms with Gasteiger partial charge in [0.25, 0.3) is 0 Å². The second-order valence-electron chi connectivity index (χ2n) is 5.78. The van der Waals surface area contributed by atoms with Gasteiger partial charge >= 0.3 is 6.18 Å². The second kappa shape index (κ2) is 8.03. The van der Waals surface area contributed by atoms with Gasteiger partial charge in [-0.3, -0.25) is 9.59 Å². The predicted molar refractivity (Wildman–Crippen MR) is 89.9 cm³/mol. The Kier molecular flexibility index (Phi) is 6.02. The number of hydrogen-bond donors (Lipinski definition) is 1. The highest BCUT2D eigenvalue weighted by atomic mass is 19.4. The van der Waals surface area contributed by atoms with Gasteiger partial charge in [0.1, 0.15) is 5.75 Å². The molecular formula is C19H18F3NO3. The van der Waals surface area contributed by atoms with Gasteiger partial charge < -0.3 is 10.1 Å². The Labute approximate surface area is 149 Å². The van der Waals surface area contributed by atoms with Crippen LogP contribution in [0.2, 0.25) is 0 Å². The van der Waals surface area contributed by atoms with Crippen LogP contribution in [0, 0.1) is 0 Å². The van der Waals surface area contributed by atoms with Gasteiger partial charge in [0.15, 0.2) is 12.4 Å². The summed E-state index contributed by atoms with van der Waals surface area (Å²) in [6.45, 7) is 2.86. The first-order valence-corrected chi connectivity index (χ1v) is 7.87. The van der Waals surface area contributed by atoms with E-state index in [4.69, 9.17) is 4.74 Å². The molecular weight excluding hydrogens is 347 g/mol. The molecule has 138 valence electrons. The molecule has 0 fully saturated rings. The zero-order valence-corrected chi connectivity index (χ0v) is 14.3. The quantitative estimate of drug-likeness (QED) is 0.782. The number of carbonyl (C=O) groups is 2. The summed E-state index contributed by atoms with van der Waals surface area (Å²) < 4.78 is 43.2. The van der Waals surface area contributed by atoms with E-state index < -0.39 is 11.7 Å². The number of hydrogen-bond acceptors (Lipinski definition) is 3. The lowest BCUT2D eigenvalue weighted by molar-refractivity contribution is -0.137. The van der Waals surface area contributed by atoms with Gasteiger partial charge in [-0.05, 0) is 30.7 Å². The van der Waals surface area contributed by atoms with E-state index in [1.807, 2.05) is 6.92 Å². The van der Waals surface area contributed by atoms with Crippen LogP contribution in [0.3, 0.4) is 0 Å². The number of ether oxygens (including phenoxy) is 1. The minimum absolute atomic E-state index is 0.0240. The van der Waals surface area contributed by atoms with Crippen LogP contribution in [0.15, 0.2) is 48.5 Å². The van der Waals surface area contributed by atoms with Gasteiger partial charge in [-0.2, -0.15) is 13.2 Å². The molecule has 1 amide bonds. The molecule has 0 aliphatic carbocycles. The fraction of sp³-hybridized carbons (Fsp3) is 0.263. The summed E-state index contributed by atoms with van der Waals surface area (Å²) >= 11 is 0. The number of rotatable bonds is 6. The molecule has 0 radical (unpaired) electrons. The first kappa shape index (κ1) is 19.5. The third-order valence-corrected chi connectivity index (χ3v) is 3.68. The lowest BCUT2D eigenvalue weighted by Crippen LogP contribution is -2.23. The fourth-order valence-corrected chi connectivity index (χ4v) is 2.34. The van der Waals surface area contributed by atoms with Crippen LogP contribution in [0.4, 0.5) is 13.2 Å². The third kappa shape index (κ3) is 5.34. The van der Waals surface area contributed by atoms with Gasteiger partial charge in [-0.1, -0.05) is 30.3 Å². The van der Waals surface area contributed by atoms with E-state index in [2.05, 4.69) is 5.32 Å². The number of carbonyl (C=O) groups excluding carboxylic acids is 2. The van der Waals surface area contributed by atoms with E-state index in [-0.39, 0.29) is 30.1 Å². The smallest absolute Gasteiger partial charge is 0.416 e. The summed E-state index contributed by atoms with van der Waals surface area (Å²) in [7, 11) is 0. The molecule has 1 N–H and O–H groups in total. The minimum Gasteiger partial charge on any atom is -0.485 e. The maximum Gasteiger partial charge on any atom is 0.416 e. The lowest BCUT2D eigenvalue weighted by Gasteiger charge is -2.13. The fourth-order valence-electron chi connectivity index (χ4n) is 2.34. The number of alkyl halides is 3. The Morgan fingerprint density at radius 2 is 1.77 bits per heavy atom.